The Morgan fingerprint density at radius 2 is 2.00 bits per heavy atom. The highest BCUT2D eigenvalue weighted by Crippen LogP contribution is 2.31. The lowest BCUT2D eigenvalue weighted by Gasteiger charge is -2.32. The van der Waals surface area contributed by atoms with Crippen LogP contribution in [0.1, 0.15) is 31.7 Å². The first kappa shape index (κ1) is 13.2. The van der Waals surface area contributed by atoms with Crippen LogP contribution >= 0.6 is 0 Å². The highest BCUT2D eigenvalue weighted by Gasteiger charge is 2.29. The SMILES string of the molecule is CC1Cc2ccccc2NC1CCCC(F)(F)F. The number of para-hydroxylation sites is 1. The van der Waals surface area contributed by atoms with Crippen molar-refractivity contribution in [1.82, 2.24) is 0 Å². The van der Waals surface area contributed by atoms with Crippen LogP contribution in [-0.2, 0) is 6.42 Å². The van der Waals surface area contributed by atoms with Crippen molar-refractivity contribution in [2.24, 2.45) is 5.92 Å². The van der Waals surface area contributed by atoms with Crippen molar-refractivity contribution in [2.75, 3.05) is 5.32 Å². The van der Waals surface area contributed by atoms with Crippen molar-refractivity contribution in [2.45, 2.75) is 44.8 Å². The fraction of sp³-hybridized carbons (Fsp3) is 0.571. The van der Waals surface area contributed by atoms with Gasteiger partial charge < -0.3 is 5.32 Å². The monoisotopic (exact) mass is 257 g/mol. The van der Waals surface area contributed by atoms with E-state index in [-0.39, 0.29) is 12.5 Å². The molecule has 0 bridgehead atoms. The van der Waals surface area contributed by atoms with Crippen LogP contribution in [0.15, 0.2) is 24.3 Å². The molecule has 0 saturated heterocycles. The second-order valence-corrected chi connectivity index (χ2v) is 5.10. The molecule has 0 aromatic heterocycles. The van der Waals surface area contributed by atoms with Gasteiger partial charge in [-0.3, -0.25) is 0 Å². The van der Waals surface area contributed by atoms with Crippen LogP contribution in [0.25, 0.3) is 0 Å². The number of nitrogens with one attached hydrogen (secondary N) is 1. The maximum atomic E-state index is 12.1. The minimum Gasteiger partial charge on any atom is -0.382 e. The second kappa shape index (κ2) is 5.21. The highest BCUT2D eigenvalue weighted by molar-refractivity contribution is 5.54. The Bertz CT molecular complexity index is 400. The largest absolute Gasteiger partial charge is 0.389 e. The van der Waals surface area contributed by atoms with E-state index >= 15 is 0 Å². The van der Waals surface area contributed by atoms with Gasteiger partial charge in [-0.1, -0.05) is 25.1 Å². The van der Waals surface area contributed by atoms with E-state index in [0.717, 1.165) is 12.1 Å². The molecule has 1 aromatic carbocycles. The Hall–Kier alpha value is -1.19. The van der Waals surface area contributed by atoms with Gasteiger partial charge in [-0.05, 0) is 36.8 Å². The molecule has 0 saturated carbocycles. The van der Waals surface area contributed by atoms with Gasteiger partial charge in [0.1, 0.15) is 0 Å². The zero-order valence-corrected chi connectivity index (χ0v) is 10.4. The van der Waals surface area contributed by atoms with Gasteiger partial charge in [0.2, 0.25) is 0 Å². The molecule has 0 aliphatic carbocycles. The minimum atomic E-state index is -4.03. The molecular weight excluding hydrogens is 239 g/mol. The number of rotatable bonds is 3. The summed E-state index contributed by atoms with van der Waals surface area (Å²) in [6.07, 6.45) is -2.99. The van der Waals surface area contributed by atoms with E-state index in [9.17, 15) is 13.2 Å². The molecule has 1 heterocycles. The summed E-state index contributed by atoms with van der Waals surface area (Å²) in [5, 5.41) is 3.37. The van der Waals surface area contributed by atoms with Crippen LogP contribution in [0.5, 0.6) is 0 Å². The Kier molecular flexibility index (Phi) is 3.83. The van der Waals surface area contributed by atoms with Crippen LogP contribution in [0.2, 0.25) is 0 Å². The molecule has 2 atom stereocenters. The van der Waals surface area contributed by atoms with Crippen molar-refractivity contribution in [3.05, 3.63) is 29.8 Å². The summed E-state index contributed by atoms with van der Waals surface area (Å²) in [5.41, 5.74) is 2.34. The first-order valence-corrected chi connectivity index (χ1v) is 6.37. The summed E-state index contributed by atoms with van der Waals surface area (Å²) < 4.78 is 36.4. The molecule has 100 valence electrons. The summed E-state index contributed by atoms with van der Waals surface area (Å²) in [7, 11) is 0. The summed E-state index contributed by atoms with van der Waals surface area (Å²) in [4.78, 5) is 0. The molecule has 0 spiro atoms. The van der Waals surface area contributed by atoms with Crippen LogP contribution < -0.4 is 5.32 Å². The average Bonchev–Trinajstić information content (AvgIpc) is 2.28. The molecule has 0 radical (unpaired) electrons. The van der Waals surface area contributed by atoms with E-state index in [4.69, 9.17) is 0 Å². The van der Waals surface area contributed by atoms with Crippen molar-refractivity contribution in [1.29, 1.82) is 0 Å². The summed E-state index contributed by atoms with van der Waals surface area (Å²) in [6, 6.07) is 8.18. The number of anilines is 1. The lowest BCUT2D eigenvalue weighted by atomic mass is 9.86. The van der Waals surface area contributed by atoms with E-state index in [1.54, 1.807) is 0 Å². The molecule has 1 nitrogen and oxygen atoms in total. The highest BCUT2D eigenvalue weighted by atomic mass is 19.4. The Balaban J connectivity index is 1.92. The van der Waals surface area contributed by atoms with E-state index in [0.29, 0.717) is 12.3 Å². The molecule has 2 unspecified atom stereocenters. The van der Waals surface area contributed by atoms with Crippen molar-refractivity contribution < 1.29 is 13.2 Å². The number of fused-ring (bicyclic) bond motifs is 1. The van der Waals surface area contributed by atoms with Gasteiger partial charge >= 0.3 is 6.18 Å². The summed E-state index contributed by atoms with van der Waals surface area (Å²) in [6.45, 7) is 2.10. The number of hydrogen-bond donors (Lipinski definition) is 1. The van der Waals surface area contributed by atoms with Gasteiger partial charge in [0, 0.05) is 18.2 Å². The van der Waals surface area contributed by atoms with Gasteiger partial charge in [0.25, 0.3) is 0 Å². The van der Waals surface area contributed by atoms with Gasteiger partial charge in [0.05, 0.1) is 0 Å². The number of hydrogen-bond acceptors (Lipinski definition) is 1. The molecule has 1 aliphatic heterocycles. The first-order valence-electron chi connectivity index (χ1n) is 6.37. The zero-order valence-electron chi connectivity index (χ0n) is 10.4. The average molecular weight is 257 g/mol. The lowest BCUT2D eigenvalue weighted by molar-refractivity contribution is -0.135. The van der Waals surface area contributed by atoms with Crippen LogP contribution in [-0.4, -0.2) is 12.2 Å². The van der Waals surface area contributed by atoms with E-state index < -0.39 is 12.6 Å². The van der Waals surface area contributed by atoms with E-state index in [1.165, 1.54) is 5.56 Å². The third-order valence-corrected chi connectivity index (χ3v) is 3.56. The molecule has 0 amide bonds. The van der Waals surface area contributed by atoms with E-state index in [1.807, 2.05) is 18.2 Å². The molecular formula is C14H18F3N. The van der Waals surface area contributed by atoms with Crippen molar-refractivity contribution >= 4 is 5.69 Å². The molecule has 1 aromatic rings. The fourth-order valence-electron chi connectivity index (χ4n) is 2.55. The normalized spacial score (nSPS) is 23.3. The molecule has 4 heteroatoms. The molecule has 18 heavy (non-hydrogen) atoms. The predicted octanol–water partition coefficient (Wildman–Crippen LogP) is 4.39. The predicted molar refractivity (Wildman–Crippen MR) is 66.6 cm³/mol. The topological polar surface area (TPSA) is 12.0 Å². The molecule has 0 fully saturated rings. The Morgan fingerprint density at radius 1 is 1.28 bits per heavy atom. The van der Waals surface area contributed by atoms with Crippen molar-refractivity contribution in [3.8, 4) is 0 Å². The van der Waals surface area contributed by atoms with Gasteiger partial charge in [-0.2, -0.15) is 13.2 Å². The van der Waals surface area contributed by atoms with Crippen LogP contribution in [0, 0.1) is 5.92 Å². The number of alkyl halides is 3. The van der Waals surface area contributed by atoms with Gasteiger partial charge in [-0.15, -0.1) is 0 Å². The van der Waals surface area contributed by atoms with Crippen LogP contribution in [0.3, 0.4) is 0 Å². The molecule has 1 N–H and O–H groups in total. The lowest BCUT2D eigenvalue weighted by Crippen LogP contribution is -2.33. The zero-order chi connectivity index (χ0) is 13.2. The van der Waals surface area contributed by atoms with Gasteiger partial charge in [-0.25, -0.2) is 0 Å². The standard InChI is InChI=1S/C14H18F3N/c1-10-9-11-5-2-3-6-13(11)18-12(10)7-4-8-14(15,16)17/h2-3,5-6,10,12,18H,4,7-9H2,1H3. The minimum absolute atomic E-state index is 0.155. The molecule has 1 aliphatic rings. The maximum Gasteiger partial charge on any atom is 0.389 e. The third kappa shape index (κ3) is 3.40. The maximum absolute atomic E-state index is 12.1. The quantitative estimate of drug-likeness (QED) is 0.846. The number of benzene rings is 1. The fourth-order valence-corrected chi connectivity index (χ4v) is 2.55. The summed E-state index contributed by atoms with van der Waals surface area (Å²) >= 11 is 0. The van der Waals surface area contributed by atoms with E-state index in [2.05, 4.69) is 18.3 Å². The van der Waals surface area contributed by atoms with Gasteiger partial charge in [0.15, 0.2) is 0 Å². The first-order chi connectivity index (χ1) is 8.46. The van der Waals surface area contributed by atoms with Crippen molar-refractivity contribution in [3.63, 3.8) is 0 Å². The Labute approximate surface area is 105 Å². The molecule has 2 rings (SSSR count). The second-order valence-electron chi connectivity index (χ2n) is 5.10. The smallest absolute Gasteiger partial charge is 0.382 e. The van der Waals surface area contributed by atoms with Crippen LogP contribution in [0.4, 0.5) is 18.9 Å². The summed E-state index contributed by atoms with van der Waals surface area (Å²) in [5.74, 6) is 0.383. The Morgan fingerprint density at radius 3 is 2.72 bits per heavy atom. The number of halogens is 3. The third-order valence-electron chi connectivity index (χ3n) is 3.56.